The molecule has 6 heteroatoms. The summed E-state index contributed by atoms with van der Waals surface area (Å²) in [4.78, 5) is 10.8. The largest absolute Gasteiger partial charge is 0.369 e. The minimum absolute atomic E-state index is 0.813. The van der Waals surface area contributed by atoms with Crippen LogP contribution in [0.1, 0.15) is 12.5 Å². The molecule has 2 aromatic rings. The van der Waals surface area contributed by atoms with Crippen molar-refractivity contribution in [3.05, 3.63) is 33.2 Å². The van der Waals surface area contributed by atoms with Crippen molar-refractivity contribution in [1.29, 1.82) is 0 Å². The highest BCUT2D eigenvalue weighted by molar-refractivity contribution is 9.11. The summed E-state index contributed by atoms with van der Waals surface area (Å²) >= 11 is 5.17. The van der Waals surface area contributed by atoms with Crippen LogP contribution in [-0.2, 0) is 6.54 Å². The van der Waals surface area contributed by atoms with Crippen molar-refractivity contribution in [2.75, 3.05) is 23.8 Å². The van der Waals surface area contributed by atoms with Gasteiger partial charge in [0.25, 0.3) is 0 Å². The van der Waals surface area contributed by atoms with Crippen molar-refractivity contribution in [2.24, 2.45) is 0 Å². The molecule has 0 aliphatic rings. The third-order valence-electron chi connectivity index (χ3n) is 2.41. The molecule has 0 saturated carbocycles. The standard InChI is InChI=1S/C12H15BrN4S/c1-3-15-11-5-14-6-12(16-11)17(2)7-9-4-10(13)18-8-9/h4-6,8H,3,7H2,1-2H3,(H,15,16). The average Bonchev–Trinajstić information content (AvgIpc) is 2.75. The number of halogens is 1. The number of rotatable bonds is 5. The monoisotopic (exact) mass is 326 g/mol. The Bertz CT molecular complexity index is 514. The minimum atomic E-state index is 0.813. The van der Waals surface area contributed by atoms with Crippen LogP contribution in [0.15, 0.2) is 27.6 Å². The Hall–Kier alpha value is -1.14. The molecule has 96 valence electrons. The number of anilines is 2. The summed E-state index contributed by atoms with van der Waals surface area (Å²) in [6.07, 6.45) is 3.52. The summed E-state index contributed by atoms with van der Waals surface area (Å²) in [7, 11) is 2.02. The lowest BCUT2D eigenvalue weighted by atomic mass is 10.3. The Morgan fingerprint density at radius 2 is 2.28 bits per heavy atom. The van der Waals surface area contributed by atoms with Crippen molar-refractivity contribution in [3.8, 4) is 0 Å². The van der Waals surface area contributed by atoms with Crippen LogP contribution >= 0.6 is 27.3 Å². The van der Waals surface area contributed by atoms with E-state index in [2.05, 4.69) is 47.6 Å². The van der Waals surface area contributed by atoms with Gasteiger partial charge >= 0.3 is 0 Å². The van der Waals surface area contributed by atoms with Gasteiger partial charge in [0.1, 0.15) is 11.6 Å². The van der Waals surface area contributed by atoms with Crippen molar-refractivity contribution in [2.45, 2.75) is 13.5 Å². The molecule has 4 nitrogen and oxygen atoms in total. The fourth-order valence-electron chi connectivity index (χ4n) is 1.59. The van der Waals surface area contributed by atoms with E-state index in [1.807, 2.05) is 14.0 Å². The molecule has 18 heavy (non-hydrogen) atoms. The molecule has 0 unspecified atom stereocenters. The van der Waals surface area contributed by atoms with Crippen molar-refractivity contribution < 1.29 is 0 Å². The Labute approximate surface area is 119 Å². The van der Waals surface area contributed by atoms with E-state index in [-0.39, 0.29) is 0 Å². The summed E-state index contributed by atoms with van der Waals surface area (Å²) in [5.74, 6) is 1.68. The normalized spacial score (nSPS) is 10.4. The van der Waals surface area contributed by atoms with Crippen LogP contribution in [-0.4, -0.2) is 23.6 Å². The summed E-state index contributed by atoms with van der Waals surface area (Å²) in [5, 5.41) is 5.31. The molecular formula is C12H15BrN4S. The molecule has 0 bridgehead atoms. The van der Waals surface area contributed by atoms with E-state index in [1.165, 1.54) is 5.56 Å². The highest BCUT2D eigenvalue weighted by atomic mass is 79.9. The van der Waals surface area contributed by atoms with Crippen LogP contribution in [0.5, 0.6) is 0 Å². The van der Waals surface area contributed by atoms with Gasteiger partial charge < -0.3 is 10.2 Å². The molecule has 0 atom stereocenters. The zero-order valence-corrected chi connectivity index (χ0v) is 12.8. The van der Waals surface area contributed by atoms with Gasteiger partial charge in [-0.05, 0) is 39.9 Å². The first-order valence-electron chi connectivity index (χ1n) is 5.69. The van der Waals surface area contributed by atoms with Crippen LogP contribution in [0.2, 0.25) is 0 Å². The van der Waals surface area contributed by atoms with Crippen molar-refractivity contribution in [1.82, 2.24) is 9.97 Å². The maximum Gasteiger partial charge on any atom is 0.149 e. The van der Waals surface area contributed by atoms with Gasteiger partial charge in [0.05, 0.1) is 16.2 Å². The molecule has 0 aliphatic carbocycles. The van der Waals surface area contributed by atoms with Gasteiger partial charge in [0, 0.05) is 20.1 Å². The predicted molar refractivity (Wildman–Crippen MR) is 80.3 cm³/mol. The van der Waals surface area contributed by atoms with Crippen LogP contribution < -0.4 is 10.2 Å². The van der Waals surface area contributed by atoms with E-state index in [4.69, 9.17) is 0 Å². The molecular weight excluding hydrogens is 312 g/mol. The molecule has 0 spiro atoms. The first-order chi connectivity index (χ1) is 8.69. The van der Waals surface area contributed by atoms with Crippen LogP contribution in [0.25, 0.3) is 0 Å². The second kappa shape index (κ2) is 6.15. The highest BCUT2D eigenvalue weighted by Crippen LogP contribution is 2.22. The number of thiophene rings is 1. The molecule has 2 aromatic heterocycles. The SMILES string of the molecule is CCNc1cncc(N(C)Cc2csc(Br)c2)n1. The van der Waals surface area contributed by atoms with E-state index in [1.54, 1.807) is 23.7 Å². The van der Waals surface area contributed by atoms with Gasteiger partial charge in [-0.3, -0.25) is 4.98 Å². The van der Waals surface area contributed by atoms with E-state index in [9.17, 15) is 0 Å². The molecule has 1 N–H and O–H groups in total. The fourth-order valence-corrected chi connectivity index (χ4v) is 2.79. The lowest BCUT2D eigenvalue weighted by Crippen LogP contribution is -2.18. The average molecular weight is 327 g/mol. The topological polar surface area (TPSA) is 41.1 Å². The van der Waals surface area contributed by atoms with E-state index in [0.29, 0.717) is 0 Å². The lowest BCUT2D eigenvalue weighted by molar-refractivity contribution is 0.892. The summed E-state index contributed by atoms with van der Waals surface area (Å²) < 4.78 is 1.15. The summed E-state index contributed by atoms with van der Waals surface area (Å²) in [6.45, 7) is 3.71. The Morgan fingerprint density at radius 3 is 2.94 bits per heavy atom. The Morgan fingerprint density at radius 1 is 1.44 bits per heavy atom. The fraction of sp³-hybridized carbons (Fsp3) is 0.333. The first kappa shape index (κ1) is 13.3. The quantitative estimate of drug-likeness (QED) is 0.914. The third kappa shape index (κ3) is 3.43. The summed E-state index contributed by atoms with van der Waals surface area (Å²) in [5.41, 5.74) is 1.27. The number of nitrogens with one attached hydrogen (secondary N) is 1. The molecule has 0 fully saturated rings. The van der Waals surface area contributed by atoms with Gasteiger partial charge in [-0.2, -0.15) is 0 Å². The number of nitrogens with zero attached hydrogens (tertiary/aromatic N) is 3. The molecule has 2 heterocycles. The molecule has 0 radical (unpaired) electrons. The number of aromatic nitrogens is 2. The third-order valence-corrected chi connectivity index (χ3v) is 3.97. The van der Waals surface area contributed by atoms with Crippen LogP contribution in [0.4, 0.5) is 11.6 Å². The minimum Gasteiger partial charge on any atom is -0.369 e. The number of hydrogen-bond donors (Lipinski definition) is 1. The highest BCUT2D eigenvalue weighted by Gasteiger charge is 2.06. The predicted octanol–water partition coefficient (Wildman–Crippen LogP) is 3.37. The lowest BCUT2D eigenvalue weighted by Gasteiger charge is -2.17. The Kier molecular flexibility index (Phi) is 4.54. The van der Waals surface area contributed by atoms with Gasteiger partial charge in [0.2, 0.25) is 0 Å². The molecule has 0 aliphatic heterocycles. The van der Waals surface area contributed by atoms with Gasteiger partial charge in [0.15, 0.2) is 0 Å². The zero-order valence-electron chi connectivity index (χ0n) is 10.4. The number of hydrogen-bond acceptors (Lipinski definition) is 5. The molecule has 2 rings (SSSR count). The second-order valence-electron chi connectivity index (χ2n) is 3.91. The van der Waals surface area contributed by atoms with Crippen molar-refractivity contribution in [3.63, 3.8) is 0 Å². The van der Waals surface area contributed by atoms with E-state index < -0.39 is 0 Å². The molecule has 0 amide bonds. The van der Waals surface area contributed by atoms with Gasteiger partial charge in [-0.1, -0.05) is 0 Å². The second-order valence-corrected chi connectivity index (χ2v) is 6.20. The van der Waals surface area contributed by atoms with E-state index in [0.717, 1.165) is 28.5 Å². The van der Waals surface area contributed by atoms with Crippen LogP contribution in [0, 0.1) is 0 Å². The first-order valence-corrected chi connectivity index (χ1v) is 7.36. The summed E-state index contributed by atoms with van der Waals surface area (Å²) in [6, 6.07) is 2.13. The van der Waals surface area contributed by atoms with Gasteiger partial charge in [-0.25, -0.2) is 4.98 Å². The maximum atomic E-state index is 4.51. The Balaban J connectivity index is 2.08. The van der Waals surface area contributed by atoms with Crippen molar-refractivity contribution >= 4 is 38.9 Å². The van der Waals surface area contributed by atoms with Gasteiger partial charge in [-0.15, -0.1) is 11.3 Å². The smallest absolute Gasteiger partial charge is 0.149 e. The maximum absolute atomic E-state index is 4.51. The van der Waals surface area contributed by atoms with E-state index >= 15 is 0 Å². The zero-order chi connectivity index (χ0) is 13.0. The van der Waals surface area contributed by atoms with Crippen LogP contribution in [0.3, 0.4) is 0 Å². The molecule has 0 aromatic carbocycles. The molecule has 0 saturated heterocycles.